The number of carbonyl (C=O) groups is 3. The van der Waals surface area contributed by atoms with E-state index >= 15 is 0 Å². The summed E-state index contributed by atoms with van der Waals surface area (Å²) < 4.78 is 32.3. The molecule has 2 aliphatic rings. The number of piperazine rings is 1. The van der Waals surface area contributed by atoms with E-state index in [1.54, 1.807) is 6.92 Å². The summed E-state index contributed by atoms with van der Waals surface area (Å²) in [6, 6.07) is 9.45. The van der Waals surface area contributed by atoms with Crippen molar-refractivity contribution >= 4 is 27.8 Å². The minimum absolute atomic E-state index is 0.00421. The highest BCUT2D eigenvalue weighted by atomic mass is 32.2. The summed E-state index contributed by atoms with van der Waals surface area (Å²) in [6.45, 7) is 2.36. The van der Waals surface area contributed by atoms with E-state index in [1.165, 1.54) is 15.3 Å². The highest BCUT2D eigenvalue weighted by molar-refractivity contribution is 7.89. The zero-order chi connectivity index (χ0) is 29.4. The monoisotopic (exact) mass is 587 g/mol. The molecule has 2 heterocycles. The molecule has 1 aliphatic heterocycles. The van der Waals surface area contributed by atoms with Crippen molar-refractivity contribution in [2.75, 3.05) is 31.9 Å². The predicted octanol–water partition coefficient (Wildman–Crippen LogP) is 2.31. The Labute approximate surface area is 240 Å². The molecule has 0 spiro atoms. The van der Waals surface area contributed by atoms with Gasteiger partial charge in [0.2, 0.25) is 21.8 Å². The van der Waals surface area contributed by atoms with E-state index in [0.717, 1.165) is 25.7 Å². The largest absolute Gasteiger partial charge is 0.481 e. The number of aromatic nitrogens is 2. The van der Waals surface area contributed by atoms with Gasteiger partial charge in [-0.25, -0.2) is 13.4 Å². The van der Waals surface area contributed by atoms with E-state index in [1.807, 2.05) is 30.3 Å². The number of carboxylic acid groups (broad SMARTS) is 1. The lowest BCUT2D eigenvalue weighted by Gasteiger charge is -2.35. The number of hydrogen-bond donors (Lipinski definition) is 2. The maximum atomic E-state index is 13.5. The lowest BCUT2D eigenvalue weighted by atomic mass is 10.1. The number of carbonyl (C=O) groups excluding carboxylic acids is 2. The number of sulfonamides is 1. The SMILES string of the molecule is CCCS(=O)(=O)N1CCN(C(=O)[C@H](CCC(=O)O)NC(=O)c2cc(OC3CCCC3)nc(-c3ccccc3)n2)CC1. The average Bonchev–Trinajstić information content (AvgIpc) is 3.48. The molecule has 4 rings (SSSR count). The average molecular weight is 588 g/mol. The van der Waals surface area contributed by atoms with Crippen molar-refractivity contribution in [1.29, 1.82) is 0 Å². The molecule has 222 valence electrons. The summed E-state index contributed by atoms with van der Waals surface area (Å²) in [5, 5.41) is 11.9. The Morgan fingerprint density at radius 3 is 2.39 bits per heavy atom. The first-order chi connectivity index (χ1) is 19.7. The molecule has 0 radical (unpaired) electrons. The summed E-state index contributed by atoms with van der Waals surface area (Å²) in [5.41, 5.74) is 0.684. The third kappa shape index (κ3) is 8.23. The normalized spacial score (nSPS) is 17.2. The number of nitrogens with zero attached hydrogens (tertiary/aromatic N) is 4. The van der Waals surface area contributed by atoms with Crippen molar-refractivity contribution < 1.29 is 32.6 Å². The predicted molar refractivity (Wildman–Crippen MR) is 151 cm³/mol. The van der Waals surface area contributed by atoms with Crippen LogP contribution in [0.25, 0.3) is 11.4 Å². The van der Waals surface area contributed by atoms with Crippen LogP contribution in [0.5, 0.6) is 5.88 Å². The minimum Gasteiger partial charge on any atom is -0.481 e. The van der Waals surface area contributed by atoms with E-state index in [2.05, 4.69) is 15.3 Å². The molecular formula is C28H37N5O7S. The van der Waals surface area contributed by atoms with Gasteiger partial charge in [0, 0.05) is 44.2 Å². The molecule has 1 aromatic heterocycles. The van der Waals surface area contributed by atoms with Crippen LogP contribution in [-0.2, 0) is 19.6 Å². The number of ether oxygens (including phenoxy) is 1. The molecule has 2 amide bonds. The van der Waals surface area contributed by atoms with Crippen LogP contribution in [0, 0.1) is 0 Å². The number of amides is 2. The van der Waals surface area contributed by atoms with Gasteiger partial charge in [0.15, 0.2) is 5.82 Å². The number of nitrogens with one attached hydrogen (secondary N) is 1. The molecule has 13 heteroatoms. The molecule has 12 nitrogen and oxygen atoms in total. The first-order valence-electron chi connectivity index (χ1n) is 14.1. The molecule has 1 aliphatic carbocycles. The van der Waals surface area contributed by atoms with E-state index in [4.69, 9.17) is 4.74 Å². The lowest BCUT2D eigenvalue weighted by Crippen LogP contribution is -2.56. The summed E-state index contributed by atoms with van der Waals surface area (Å²) >= 11 is 0. The second kappa shape index (κ2) is 13.9. The lowest BCUT2D eigenvalue weighted by molar-refractivity contribution is -0.138. The van der Waals surface area contributed by atoms with Gasteiger partial charge in [-0.05, 0) is 38.5 Å². The first kappa shape index (κ1) is 30.4. The van der Waals surface area contributed by atoms with Gasteiger partial charge in [0.1, 0.15) is 17.8 Å². The van der Waals surface area contributed by atoms with Gasteiger partial charge in [-0.15, -0.1) is 0 Å². The fourth-order valence-electron chi connectivity index (χ4n) is 5.05. The van der Waals surface area contributed by atoms with Crippen LogP contribution < -0.4 is 10.1 Å². The summed E-state index contributed by atoms with van der Waals surface area (Å²) in [4.78, 5) is 48.6. The van der Waals surface area contributed by atoms with Gasteiger partial charge in [-0.2, -0.15) is 9.29 Å². The van der Waals surface area contributed by atoms with Crippen LogP contribution in [0.1, 0.15) is 62.4 Å². The first-order valence-corrected chi connectivity index (χ1v) is 15.7. The topological polar surface area (TPSA) is 159 Å². The van der Waals surface area contributed by atoms with Crippen LogP contribution in [0.4, 0.5) is 0 Å². The van der Waals surface area contributed by atoms with Gasteiger partial charge in [0.05, 0.1) is 5.75 Å². The molecule has 1 saturated heterocycles. The van der Waals surface area contributed by atoms with Crippen LogP contribution in [0.2, 0.25) is 0 Å². The molecule has 2 N–H and O–H groups in total. The number of aliphatic carboxylic acids is 1. The quantitative estimate of drug-likeness (QED) is 0.380. The highest BCUT2D eigenvalue weighted by Gasteiger charge is 2.33. The third-order valence-electron chi connectivity index (χ3n) is 7.21. The van der Waals surface area contributed by atoms with Crippen molar-refractivity contribution in [3.63, 3.8) is 0 Å². The molecule has 2 fully saturated rings. The fraction of sp³-hybridized carbons (Fsp3) is 0.536. The second-order valence-corrected chi connectivity index (χ2v) is 12.4. The van der Waals surface area contributed by atoms with Gasteiger partial charge in [0.25, 0.3) is 5.91 Å². The van der Waals surface area contributed by atoms with E-state index < -0.39 is 33.8 Å². The number of rotatable bonds is 12. The Bertz CT molecular complexity index is 1320. The summed E-state index contributed by atoms with van der Waals surface area (Å²) in [5.74, 6) is -1.64. The Kier molecular flexibility index (Phi) is 10.3. The number of hydrogen-bond acceptors (Lipinski definition) is 8. The molecule has 0 bridgehead atoms. The zero-order valence-electron chi connectivity index (χ0n) is 23.2. The summed E-state index contributed by atoms with van der Waals surface area (Å²) in [6.07, 6.45) is 3.92. The second-order valence-electron chi connectivity index (χ2n) is 10.3. The van der Waals surface area contributed by atoms with Crippen molar-refractivity contribution in [2.45, 2.75) is 64.0 Å². The van der Waals surface area contributed by atoms with Crippen LogP contribution >= 0.6 is 0 Å². The van der Waals surface area contributed by atoms with Crippen LogP contribution in [0.15, 0.2) is 36.4 Å². The Hall–Kier alpha value is -3.58. The van der Waals surface area contributed by atoms with Gasteiger partial charge in [-0.1, -0.05) is 37.3 Å². The zero-order valence-corrected chi connectivity index (χ0v) is 24.0. The fourth-order valence-corrected chi connectivity index (χ4v) is 6.54. The van der Waals surface area contributed by atoms with Crippen molar-refractivity contribution in [2.24, 2.45) is 0 Å². The molecule has 0 unspecified atom stereocenters. The van der Waals surface area contributed by atoms with Crippen molar-refractivity contribution in [3.8, 4) is 17.3 Å². The van der Waals surface area contributed by atoms with E-state index in [0.29, 0.717) is 17.8 Å². The smallest absolute Gasteiger partial charge is 0.303 e. The maximum absolute atomic E-state index is 13.5. The summed E-state index contributed by atoms with van der Waals surface area (Å²) in [7, 11) is -3.40. The van der Waals surface area contributed by atoms with Gasteiger partial charge < -0.3 is 20.1 Å². The standard InChI is InChI=1S/C28H37N5O7S/c1-2-18-41(38,39)33-16-14-32(15-17-33)28(37)22(12-13-25(34)35)30-27(36)23-19-24(40-21-10-6-7-11-21)31-26(29-23)20-8-4-3-5-9-20/h3-5,8-9,19,21-22H,2,6-7,10-18H2,1H3,(H,30,36)(H,34,35)/t22-/m0/s1. The molecule has 41 heavy (non-hydrogen) atoms. The van der Waals surface area contributed by atoms with Gasteiger partial charge >= 0.3 is 5.97 Å². The van der Waals surface area contributed by atoms with E-state index in [-0.39, 0.29) is 62.5 Å². The van der Waals surface area contributed by atoms with Gasteiger partial charge in [-0.3, -0.25) is 14.4 Å². The van der Waals surface area contributed by atoms with Crippen molar-refractivity contribution in [3.05, 3.63) is 42.1 Å². The van der Waals surface area contributed by atoms with Crippen molar-refractivity contribution in [1.82, 2.24) is 24.5 Å². The number of benzene rings is 1. The Morgan fingerprint density at radius 2 is 1.76 bits per heavy atom. The third-order valence-corrected chi connectivity index (χ3v) is 9.29. The Balaban J connectivity index is 1.52. The number of carboxylic acids is 1. The minimum atomic E-state index is -3.40. The van der Waals surface area contributed by atoms with E-state index in [9.17, 15) is 27.9 Å². The van der Waals surface area contributed by atoms with Crippen LogP contribution in [-0.4, -0.2) is 94.6 Å². The Morgan fingerprint density at radius 1 is 1.07 bits per heavy atom. The molecule has 1 aromatic carbocycles. The molecule has 1 saturated carbocycles. The highest BCUT2D eigenvalue weighted by Crippen LogP contribution is 2.25. The molecule has 1 atom stereocenters. The maximum Gasteiger partial charge on any atom is 0.303 e. The van der Waals surface area contributed by atoms with Crippen LogP contribution in [0.3, 0.4) is 0 Å². The molecular weight excluding hydrogens is 550 g/mol. The molecule has 2 aromatic rings.